The average molecular weight is 464 g/mol. The summed E-state index contributed by atoms with van der Waals surface area (Å²) in [7, 11) is -1.65. The molecule has 31 heavy (non-hydrogen) atoms. The summed E-state index contributed by atoms with van der Waals surface area (Å²) in [6.45, 7) is 0. The van der Waals surface area contributed by atoms with Gasteiger partial charge in [-0.2, -0.15) is 0 Å². The van der Waals surface area contributed by atoms with E-state index in [-0.39, 0.29) is 36.1 Å². The first-order valence-electron chi connectivity index (χ1n) is 10.0. The van der Waals surface area contributed by atoms with Crippen LogP contribution in [-0.4, -0.2) is 34.8 Å². The summed E-state index contributed by atoms with van der Waals surface area (Å²) in [4.78, 5) is 25.9. The van der Waals surface area contributed by atoms with Gasteiger partial charge in [0, 0.05) is 22.9 Å². The molecule has 1 aliphatic rings. The van der Waals surface area contributed by atoms with Crippen molar-refractivity contribution in [3.05, 3.63) is 69.7 Å². The van der Waals surface area contributed by atoms with Crippen LogP contribution in [0, 0.1) is 11.8 Å². The molecule has 3 rings (SSSR count). The molecule has 5 nitrogen and oxygen atoms in total. The number of nitrogens with one attached hydrogen (secondary N) is 1. The van der Waals surface area contributed by atoms with Gasteiger partial charge in [-0.3, -0.25) is 9.59 Å². The van der Waals surface area contributed by atoms with Crippen molar-refractivity contribution in [2.24, 2.45) is 11.8 Å². The maximum Gasteiger partial charge on any atom is 0.475 e. The minimum Gasteiger partial charge on any atom is -0.426 e. The number of hydrogen-bond donors (Lipinski definition) is 3. The molecule has 2 aromatic carbocycles. The van der Waals surface area contributed by atoms with Crippen molar-refractivity contribution in [1.82, 2.24) is 5.32 Å². The molecular formula is C23H28BCl2NO4. The van der Waals surface area contributed by atoms with Crippen LogP contribution in [0.25, 0.3) is 0 Å². The van der Waals surface area contributed by atoms with Crippen molar-refractivity contribution in [3.63, 3.8) is 0 Å². The van der Waals surface area contributed by atoms with E-state index in [0.29, 0.717) is 23.8 Å². The van der Waals surface area contributed by atoms with Gasteiger partial charge in [-0.05, 0) is 42.5 Å². The molecule has 1 amide bonds. The Labute approximate surface area is 193 Å². The SMILES string of the molecule is C.O=C(C[C@@H](Cc1ccccc1)C(=O)N[C@@H](CC1CC1)B(O)O)c1cc(Cl)ccc1Cl. The van der Waals surface area contributed by atoms with Crippen molar-refractivity contribution in [3.8, 4) is 0 Å². The molecule has 1 aliphatic carbocycles. The third-order valence-electron chi connectivity index (χ3n) is 5.33. The molecule has 0 aliphatic heterocycles. The number of rotatable bonds is 10. The van der Waals surface area contributed by atoms with E-state index in [2.05, 4.69) is 5.32 Å². The molecule has 0 heterocycles. The van der Waals surface area contributed by atoms with E-state index in [4.69, 9.17) is 23.2 Å². The quantitative estimate of drug-likeness (QED) is 0.361. The number of amides is 1. The fourth-order valence-electron chi connectivity index (χ4n) is 3.47. The number of Topliss-reactive ketones (excluding diaryl/α,β-unsaturated/α-hetero) is 1. The highest BCUT2D eigenvalue weighted by Crippen LogP contribution is 2.34. The molecule has 1 fully saturated rings. The molecular weight excluding hydrogens is 436 g/mol. The van der Waals surface area contributed by atoms with Gasteiger partial charge in [0.2, 0.25) is 5.91 Å². The van der Waals surface area contributed by atoms with Crippen LogP contribution in [0.15, 0.2) is 48.5 Å². The van der Waals surface area contributed by atoms with E-state index in [1.54, 1.807) is 12.1 Å². The fourth-order valence-corrected chi connectivity index (χ4v) is 3.86. The van der Waals surface area contributed by atoms with E-state index in [1.807, 2.05) is 30.3 Å². The third-order valence-corrected chi connectivity index (χ3v) is 5.89. The largest absolute Gasteiger partial charge is 0.475 e. The molecule has 0 aromatic heterocycles. The molecule has 2 atom stereocenters. The zero-order chi connectivity index (χ0) is 21.7. The lowest BCUT2D eigenvalue weighted by atomic mass is 9.76. The summed E-state index contributed by atoms with van der Waals surface area (Å²) < 4.78 is 0. The lowest BCUT2D eigenvalue weighted by Gasteiger charge is -2.22. The topological polar surface area (TPSA) is 86.6 Å². The first-order chi connectivity index (χ1) is 14.3. The highest BCUT2D eigenvalue weighted by atomic mass is 35.5. The smallest absolute Gasteiger partial charge is 0.426 e. The predicted molar refractivity (Wildman–Crippen MR) is 125 cm³/mol. The van der Waals surface area contributed by atoms with E-state index < -0.39 is 19.0 Å². The van der Waals surface area contributed by atoms with Gasteiger partial charge in [0.15, 0.2) is 5.78 Å². The monoisotopic (exact) mass is 463 g/mol. The van der Waals surface area contributed by atoms with E-state index in [9.17, 15) is 19.6 Å². The number of benzene rings is 2. The second-order valence-corrected chi connectivity index (χ2v) is 8.69. The van der Waals surface area contributed by atoms with Gasteiger partial charge < -0.3 is 15.4 Å². The van der Waals surface area contributed by atoms with Crippen LogP contribution in [0.1, 0.15) is 49.0 Å². The first-order valence-corrected chi connectivity index (χ1v) is 10.8. The lowest BCUT2D eigenvalue weighted by Crippen LogP contribution is -2.49. The van der Waals surface area contributed by atoms with Crippen molar-refractivity contribution in [1.29, 1.82) is 0 Å². The highest BCUT2D eigenvalue weighted by Gasteiger charge is 2.34. The average Bonchev–Trinajstić information content (AvgIpc) is 3.53. The Morgan fingerprint density at radius 1 is 1.10 bits per heavy atom. The number of halogens is 2. The van der Waals surface area contributed by atoms with Crippen LogP contribution in [-0.2, 0) is 11.2 Å². The summed E-state index contributed by atoms with van der Waals surface area (Å²) in [5.41, 5.74) is 1.18. The number of carbonyl (C=O) groups is 2. The van der Waals surface area contributed by atoms with Gasteiger partial charge >= 0.3 is 7.12 Å². The van der Waals surface area contributed by atoms with Gasteiger partial charge in [0.05, 0.1) is 11.0 Å². The van der Waals surface area contributed by atoms with Gasteiger partial charge in [-0.1, -0.05) is 73.8 Å². The normalized spacial score (nSPS) is 14.8. The standard InChI is InChI=1S/C22H24BCl2NO4.CH4/c24-17-8-9-19(25)18(13-17)20(27)12-16(10-14-4-2-1-3-5-14)22(28)26-21(23(29)30)11-15-6-7-15;/h1-5,8-9,13,15-16,21,29-30H,6-7,10-12H2,(H,26,28);1H4/t16-,21+;/m1./s1. The molecule has 0 radical (unpaired) electrons. The molecule has 166 valence electrons. The zero-order valence-corrected chi connectivity index (χ0v) is 17.9. The molecule has 0 bridgehead atoms. The van der Waals surface area contributed by atoms with Gasteiger partial charge in [0.1, 0.15) is 0 Å². The molecule has 0 saturated heterocycles. The second-order valence-electron chi connectivity index (χ2n) is 7.85. The van der Waals surface area contributed by atoms with Crippen molar-refractivity contribution >= 4 is 42.0 Å². The molecule has 0 spiro atoms. The summed E-state index contributed by atoms with van der Waals surface area (Å²) in [5, 5.41) is 22.8. The van der Waals surface area contributed by atoms with Gasteiger partial charge in [-0.15, -0.1) is 0 Å². The minimum absolute atomic E-state index is 0. The second kappa shape index (κ2) is 11.7. The Kier molecular flexibility index (Phi) is 9.57. The maximum absolute atomic E-state index is 13.0. The Balaban J connectivity index is 0.00000341. The number of carbonyl (C=O) groups excluding carboxylic acids is 2. The van der Waals surface area contributed by atoms with Crippen LogP contribution < -0.4 is 5.32 Å². The van der Waals surface area contributed by atoms with Crippen LogP contribution in [0.4, 0.5) is 0 Å². The summed E-state index contributed by atoms with van der Waals surface area (Å²) in [6, 6.07) is 14.0. The van der Waals surface area contributed by atoms with Crippen LogP contribution >= 0.6 is 23.2 Å². The molecule has 8 heteroatoms. The van der Waals surface area contributed by atoms with Gasteiger partial charge in [0.25, 0.3) is 0 Å². The van der Waals surface area contributed by atoms with Crippen LogP contribution in [0.5, 0.6) is 0 Å². The molecule has 2 aromatic rings. The number of ketones is 1. The van der Waals surface area contributed by atoms with E-state index in [0.717, 1.165) is 18.4 Å². The van der Waals surface area contributed by atoms with Crippen LogP contribution in [0.3, 0.4) is 0 Å². The minimum atomic E-state index is -1.65. The Morgan fingerprint density at radius 3 is 2.39 bits per heavy atom. The summed E-state index contributed by atoms with van der Waals surface area (Å²) in [5.74, 6) is -1.72. The highest BCUT2D eigenvalue weighted by molar-refractivity contribution is 6.43. The van der Waals surface area contributed by atoms with Crippen molar-refractivity contribution in [2.75, 3.05) is 0 Å². The first kappa shape index (κ1) is 25.4. The Morgan fingerprint density at radius 2 is 1.77 bits per heavy atom. The van der Waals surface area contributed by atoms with E-state index >= 15 is 0 Å². The lowest BCUT2D eigenvalue weighted by molar-refractivity contribution is -0.125. The summed E-state index contributed by atoms with van der Waals surface area (Å²) >= 11 is 12.2. The van der Waals surface area contributed by atoms with Gasteiger partial charge in [-0.25, -0.2) is 0 Å². The zero-order valence-electron chi connectivity index (χ0n) is 16.4. The summed E-state index contributed by atoms with van der Waals surface area (Å²) in [6.07, 6.45) is 2.83. The molecule has 3 N–H and O–H groups in total. The number of hydrogen-bond acceptors (Lipinski definition) is 4. The van der Waals surface area contributed by atoms with Crippen LogP contribution in [0.2, 0.25) is 10.0 Å². The van der Waals surface area contributed by atoms with Crippen molar-refractivity contribution in [2.45, 2.75) is 45.5 Å². The third kappa shape index (κ3) is 7.65. The van der Waals surface area contributed by atoms with E-state index in [1.165, 1.54) is 6.07 Å². The molecule has 0 unspecified atom stereocenters. The Bertz CT molecular complexity index is 890. The predicted octanol–water partition coefficient (Wildman–Crippen LogP) is 4.36. The fraction of sp³-hybridized carbons (Fsp3) is 0.391. The maximum atomic E-state index is 13.0. The Hall–Kier alpha value is -1.86. The molecule has 1 saturated carbocycles. The van der Waals surface area contributed by atoms with Crippen molar-refractivity contribution < 1.29 is 19.6 Å².